The summed E-state index contributed by atoms with van der Waals surface area (Å²) in [4.78, 5) is 12.4. The van der Waals surface area contributed by atoms with Gasteiger partial charge in [0.15, 0.2) is 0 Å². The number of carbonyl (C=O) groups excluding carboxylic acids is 1. The van der Waals surface area contributed by atoms with Crippen molar-refractivity contribution in [3.8, 4) is 5.88 Å². The molecule has 0 unspecified atom stereocenters. The molecule has 20 heavy (non-hydrogen) atoms. The molecule has 1 aromatic rings. The Labute approximate surface area is 135 Å². The van der Waals surface area contributed by atoms with Crippen LogP contribution in [-0.4, -0.2) is 22.9 Å². The predicted molar refractivity (Wildman–Crippen MR) is 88.7 cm³/mol. The highest BCUT2D eigenvalue weighted by atomic mass is 127. The Kier molecular flexibility index (Phi) is 5.91. The molecule has 0 fully saturated rings. The van der Waals surface area contributed by atoms with E-state index in [1.165, 1.54) is 5.56 Å². The van der Waals surface area contributed by atoms with Gasteiger partial charge < -0.3 is 9.47 Å². The molecule has 114 valence electrons. The maximum absolute atomic E-state index is 12.4. The minimum Gasteiger partial charge on any atom is -0.479 e. The van der Waals surface area contributed by atoms with Gasteiger partial charge in [-0.15, -0.1) is 0 Å². The smallest absolute Gasteiger partial charge is 0.422 e. The van der Waals surface area contributed by atoms with Gasteiger partial charge in [0.2, 0.25) is 5.88 Å². The molecule has 0 N–H and O–H groups in total. The molecular weight excluding hydrogens is 369 g/mol. The van der Waals surface area contributed by atoms with Gasteiger partial charge in [0, 0.05) is 5.56 Å². The number of carbonyl (C=O) groups is 1. The second-order valence-corrected chi connectivity index (χ2v) is 6.53. The Balaban J connectivity index is 3.36. The first kappa shape index (κ1) is 17.3. The molecule has 0 amide bonds. The lowest BCUT2D eigenvalue weighted by molar-refractivity contribution is 0.0517. The lowest BCUT2D eigenvalue weighted by Crippen LogP contribution is -2.28. The van der Waals surface area contributed by atoms with E-state index in [4.69, 9.17) is 9.47 Å². The van der Waals surface area contributed by atoms with Gasteiger partial charge >= 0.3 is 6.09 Å². The highest BCUT2D eigenvalue weighted by Gasteiger charge is 2.27. The van der Waals surface area contributed by atoms with Gasteiger partial charge in [-0.3, -0.25) is 0 Å². The normalized spacial score (nSPS) is 11.6. The molecule has 1 aromatic heterocycles. The zero-order valence-electron chi connectivity index (χ0n) is 13.2. The van der Waals surface area contributed by atoms with E-state index in [2.05, 4.69) is 36.4 Å². The summed E-state index contributed by atoms with van der Waals surface area (Å²) in [7, 11) is 0. The van der Waals surface area contributed by atoms with Crippen molar-refractivity contribution in [3.63, 3.8) is 0 Å². The van der Waals surface area contributed by atoms with Crippen LogP contribution in [0.5, 0.6) is 5.88 Å². The van der Waals surface area contributed by atoms with Gasteiger partial charge in [-0.25, -0.2) is 9.36 Å². The monoisotopic (exact) mass is 393 g/mol. The van der Waals surface area contributed by atoms with Crippen LogP contribution >= 0.6 is 22.6 Å². The number of nitrogens with zero attached hydrogens (tertiary/aromatic N) is 1. The SMILES string of the molecule is CCOc1c(CC)c(CC)c(I)n1C(=O)OC(C)(C)C. The number of hydrogen-bond donors (Lipinski definition) is 0. The van der Waals surface area contributed by atoms with E-state index in [1.807, 2.05) is 27.7 Å². The first-order valence-electron chi connectivity index (χ1n) is 7.04. The standard InChI is InChI=1S/C15H24INO3/c1-7-10-11(8-2)13(19-9-3)17(12(10)16)14(18)20-15(4,5)6/h7-9H2,1-6H3. The third kappa shape index (κ3) is 3.68. The van der Waals surface area contributed by atoms with Crippen LogP contribution in [0.25, 0.3) is 0 Å². The van der Waals surface area contributed by atoms with Gasteiger partial charge in [0.25, 0.3) is 0 Å². The number of aromatic nitrogens is 1. The molecule has 5 heteroatoms. The van der Waals surface area contributed by atoms with E-state index < -0.39 is 5.60 Å². The molecule has 0 aromatic carbocycles. The van der Waals surface area contributed by atoms with E-state index in [1.54, 1.807) is 4.57 Å². The molecule has 1 heterocycles. The van der Waals surface area contributed by atoms with Gasteiger partial charge in [0.05, 0.1) is 10.3 Å². The molecular formula is C15H24INO3. The van der Waals surface area contributed by atoms with Crippen LogP contribution in [0.1, 0.15) is 52.7 Å². The summed E-state index contributed by atoms with van der Waals surface area (Å²) in [6, 6.07) is 0. The van der Waals surface area contributed by atoms with Crippen LogP contribution in [0.15, 0.2) is 0 Å². The molecule has 4 nitrogen and oxygen atoms in total. The molecule has 0 aliphatic rings. The Morgan fingerprint density at radius 2 is 1.70 bits per heavy atom. The largest absolute Gasteiger partial charge is 0.479 e. The second kappa shape index (κ2) is 6.83. The minimum atomic E-state index is -0.521. The first-order valence-corrected chi connectivity index (χ1v) is 8.12. The predicted octanol–water partition coefficient (Wildman–Crippen LogP) is 4.40. The highest BCUT2D eigenvalue weighted by molar-refractivity contribution is 14.1. The van der Waals surface area contributed by atoms with E-state index in [0.717, 1.165) is 22.1 Å². The molecule has 0 saturated carbocycles. The van der Waals surface area contributed by atoms with Crippen LogP contribution in [0.3, 0.4) is 0 Å². The molecule has 0 aliphatic carbocycles. The molecule has 0 atom stereocenters. The summed E-state index contributed by atoms with van der Waals surface area (Å²) >= 11 is 2.20. The zero-order valence-corrected chi connectivity index (χ0v) is 15.3. The minimum absolute atomic E-state index is 0.375. The Morgan fingerprint density at radius 3 is 2.10 bits per heavy atom. The summed E-state index contributed by atoms with van der Waals surface area (Å²) in [5.74, 6) is 0.630. The van der Waals surface area contributed by atoms with Crippen molar-refractivity contribution >= 4 is 28.7 Å². The maximum atomic E-state index is 12.4. The van der Waals surface area contributed by atoms with E-state index in [0.29, 0.717) is 12.5 Å². The van der Waals surface area contributed by atoms with Crippen molar-refractivity contribution in [2.45, 2.75) is 60.0 Å². The zero-order chi connectivity index (χ0) is 15.5. The summed E-state index contributed by atoms with van der Waals surface area (Å²) in [6.45, 7) is 12.2. The number of rotatable bonds is 4. The lowest BCUT2D eigenvalue weighted by atomic mass is 10.1. The second-order valence-electron chi connectivity index (χ2n) is 5.51. The Morgan fingerprint density at radius 1 is 1.15 bits per heavy atom. The molecule has 0 spiro atoms. The Hall–Kier alpha value is -0.720. The lowest BCUT2D eigenvalue weighted by Gasteiger charge is -2.21. The molecule has 0 radical (unpaired) electrons. The van der Waals surface area contributed by atoms with Crippen molar-refractivity contribution in [1.82, 2.24) is 4.57 Å². The molecule has 0 bridgehead atoms. The average molecular weight is 393 g/mol. The number of halogens is 1. The quantitative estimate of drug-likeness (QED) is 0.712. The van der Waals surface area contributed by atoms with E-state index >= 15 is 0 Å². The summed E-state index contributed by atoms with van der Waals surface area (Å²) in [5, 5.41) is 0. The molecule has 1 rings (SSSR count). The van der Waals surface area contributed by atoms with E-state index in [9.17, 15) is 4.79 Å². The van der Waals surface area contributed by atoms with Gasteiger partial charge in [0.1, 0.15) is 5.60 Å². The third-order valence-electron chi connectivity index (χ3n) is 2.84. The topological polar surface area (TPSA) is 40.5 Å². The molecule has 0 saturated heterocycles. The van der Waals surface area contributed by atoms with Crippen molar-refractivity contribution in [2.75, 3.05) is 6.61 Å². The summed E-state index contributed by atoms with van der Waals surface area (Å²) < 4.78 is 13.7. The van der Waals surface area contributed by atoms with Gasteiger partial charge in [-0.2, -0.15) is 0 Å². The van der Waals surface area contributed by atoms with Crippen molar-refractivity contribution in [1.29, 1.82) is 0 Å². The number of ether oxygens (including phenoxy) is 2. The van der Waals surface area contributed by atoms with Crippen LogP contribution < -0.4 is 4.74 Å². The van der Waals surface area contributed by atoms with Crippen molar-refractivity contribution < 1.29 is 14.3 Å². The summed E-state index contributed by atoms with van der Waals surface area (Å²) in [5.41, 5.74) is 1.75. The van der Waals surface area contributed by atoms with Crippen LogP contribution in [-0.2, 0) is 17.6 Å². The van der Waals surface area contributed by atoms with Crippen molar-refractivity contribution in [3.05, 3.63) is 14.8 Å². The van der Waals surface area contributed by atoms with Crippen molar-refractivity contribution in [2.24, 2.45) is 0 Å². The Bertz CT molecular complexity index is 486. The fourth-order valence-corrected chi connectivity index (χ4v) is 3.22. The van der Waals surface area contributed by atoms with Crippen LogP contribution in [0, 0.1) is 3.70 Å². The fourth-order valence-electron chi connectivity index (χ4n) is 2.10. The van der Waals surface area contributed by atoms with Crippen LogP contribution in [0.2, 0.25) is 0 Å². The fraction of sp³-hybridized carbons (Fsp3) is 0.667. The van der Waals surface area contributed by atoms with Gasteiger partial charge in [-0.05, 0) is 68.7 Å². The third-order valence-corrected chi connectivity index (χ3v) is 3.97. The molecule has 0 aliphatic heterocycles. The number of hydrogen-bond acceptors (Lipinski definition) is 3. The highest BCUT2D eigenvalue weighted by Crippen LogP contribution is 2.32. The summed E-state index contributed by atoms with van der Waals surface area (Å²) in [6.07, 6.45) is 1.33. The van der Waals surface area contributed by atoms with E-state index in [-0.39, 0.29) is 6.09 Å². The van der Waals surface area contributed by atoms with Gasteiger partial charge in [-0.1, -0.05) is 13.8 Å². The maximum Gasteiger partial charge on any atom is 0.422 e. The van der Waals surface area contributed by atoms with Crippen LogP contribution in [0.4, 0.5) is 4.79 Å². The first-order chi connectivity index (χ1) is 9.26. The average Bonchev–Trinajstić information content (AvgIpc) is 2.59.